The van der Waals surface area contributed by atoms with Crippen LogP contribution in [-0.4, -0.2) is 66.5 Å². The summed E-state index contributed by atoms with van der Waals surface area (Å²) in [7, 11) is 1.90. The van der Waals surface area contributed by atoms with Crippen molar-refractivity contribution in [1.29, 1.82) is 0 Å². The van der Waals surface area contributed by atoms with Crippen molar-refractivity contribution in [1.82, 2.24) is 15.1 Å². The predicted octanol–water partition coefficient (Wildman–Crippen LogP) is 3.07. The lowest BCUT2D eigenvalue weighted by Gasteiger charge is -2.37. The Morgan fingerprint density at radius 3 is 2.80 bits per heavy atom. The molecule has 1 aromatic heterocycles. The third-order valence-corrected chi connectivity index (χ3v) is 6.79. The van der Waals surface area contributed by atoms with E-state index in [1.54, 1.807) is 6.26 Å². The second-order valence-electron chi connectivity index (χ2n) is 7.30. The van der Waals surface area contributed by atoms with Gasteiger partial charge in [0.15, 0.2) is 5.96 Å². The zero-order chi connectivity index (χ0) is 17.6. The molecule has 1 N–H and O–H groups in total. The highest BCUT2D eigenvalue weighted by Gasteiger charge is 2.28. The molecule has 0 aromatic carbocycles. The highest BCUT2D eigenvalue weighted by molar-refractivity contribution is 8.00. The van der Waals surface area contributed by atoms with Gasteiger partial charge < -0.3 is 14.6 Å². The molecule has 0 aliphatic carbocycles. The van der Waals surface area contributed by atoms with Gasteiger partial charge in [0, 0.05) is 37.7 Å². The van der Waals surface area contributed by atoms with Crippen LogP contribution in [0.15, 0.2) is 27.8 Å². The van der Waals surface area contributed by atoms with E-state index in [2.05, 4.69) is 51.8 Å². The number of nitrogens with zero attached hydrogens (tertiary/aromatic N) is 3. The Morgan fingerprint density at radius 1 is 1.36 bits per heavy atom. The van der Waals surface area contributed by atoms with Crippen LogP contribution in [0.1, 0.15) is 38.5 Å². The average Bonchev–Trinajstić information content (AvgIpc) is 3.33. The van der Waals surface area contributed by atoms with Gasteiger partial charge in [-0.2, -0.15) is 11.8 Å². The monoisotopic (exact) mass is 364 g/mol. The molecule has 6 heteroatoms. The van der Waals surface area contributed by atoms with Crippen molar-refractivity contribution in [2.24, 2.45) is 10.9 Å². The van der Waals surface area contributed by atoms with E-state index >= 15 is 0 Å². The zero-order valence-electron chi connectivity index (χ0n) is 15.8. The Labute approximate surface area is 156 Å². The molecule has 0 spiro atoms. The maximum atomic E-state index is 5.73. The normalized spacial score (nSPS) is 24.1. The third kappa shape index (κ3) is 4.73. The van der Waals surface area contributed by atoms with Gasteiger partial charge >= 0.3 is 0 Å². The van der Waals surface area contributed by atoms with Crippen molar-refractivity contribution < 1.29 is 4.42 Å². The molecule has 5 nitrogen and oxygen atoms in total. The minimum atomic E-state index is 0.286. The Hall–Kier alpha value is -1.14. The van der Waals surface area contributed by atoms with Gasteiger partial charge in [0.2, 0.25) is 0 Å². The fourth-order valence-corrected chi connectivity index (χ4v) is 5.03. The summed E-state index contributed by atoms with van der Waals surface area (Å²) in [5, 5.41) is 4.32. The lowest BCUT2D eigenvalue weighted by Crippen LogP contribution is -2.50. The molecule has 3 heterocycles. The molecule has 2 aliphatic rings. The van der Waals surface area contributed by atoms with Gasteiger partial charge in [-0.3, -0.25) is 9.89 Å². The van der Waals surface area contributed by atoms with Crippen LogP contribution in [0, 0.1) is 5.92 Å². The SMILES string of the molecule is CN=C(NCC(c1ccco1)N1CCCC1)N1CCSC(C(C)C)C1. The average molecular weight is 365 g/mol. The van der Waals surface area contributed by atoms with Crippen molar-refractivity contribution in [2.75, 3.05) is 45.5 Å². The lowest BCUT2D eigenvalue weighted by atomic mass is 10.1. The molecular formula is C19H32N4OS. The van der Waals surface area contributed by atoms with E-state index in [0.29, 0.717) is 11.2 Å². The molecule has 0 amide bonds. The first-order valence-electron chi connectivity index (χ1n) is 9.53. The molecule has 0 saturated carbocycles. The molecule has 2 unspecified atom stereocenters. The maximum absolute atomic E-state index is 5.73. The standard InChI is InChI=1S/C19H32N4OS/c1-15(2)18-14-23(10-12-25-18)19(20-3)21-13-16(17-7-6-11-24-17)22-8-4-5-9-22/h6-7,11,15-16,18H,4-5,8-10,12-14H2,1-3H3,(H,20,21). The highest BCUT2D eigenvalue weighted by atomic mass is 32.2. The van der Waals surface area contributed by atoms with Crippen LogP contribution in [0.3, 0.4) is 0 Å². The minimum absolute atomic E-state index is 0.286. The molecule has 2 atom stereocenters. The van der Waals surface area contributed by atoms with Crippen LogP contribution in [0.2, 0.25) is 0 Å². The first kappa shape index (κ1) is 18.6. The van der Waals surface area contributed by atoms with Gasteiger partial charge in [0.1, 0.15) is 5.76 Å². The number of nitrogens with one attached hydrogen (secondary N) is 1. The Morgan fingerprint density at radius 2 is 2.16 bits per heavy atom. The maximum Gasteiger partial charge on any atom is 0.193 e. The van der Waals surface area contributed by atoms with Gasteiger partial charge in [0.05, 0.1) is 12.3 Å². The van der Waals surface area contributed by atoms with E-state index in [4.69, 9.17) is 4.42 Å². The fourth-order valence-electron chi connectivity index (χ4n) is 3.74. The number of likely N-dealkylation sites (tertiary alicyclic amines) is 1. The number of aliphatic imine (C=N–C) groups is 1. The highest BCUT2D eigenvalue weighted by Crippen LogP contribution is 2.26. The predicted molar refractivity (Wildman–Crippen MR) is 106 cm³/mol. The number of furan rings is 1. The van der Waals surface area contributed by atoms with Crippen molar-refractivity contribution in [2.45, 2.75) is 38.0 Å². The van der Waals surface area contributed by atoms with Crippen LogP contribution in [0.5, 0.6) is 0 Å². The van der Waals surface area contributed by atoms with E-state index in [1.165, 1.54) is 18.6 Å². The Balaban J connectivity index is 1.62. The van der Waals surface area contributed by atoms with E-state index < -0.39 is 0 Å². The largest absolute Gasteiger partial charge is 0.468 e. The first-order chi connectivity index (χ1) is 12.2. The number of guanidine groups is 1. The van der Waals surface area contributed by atoms with Crippen LogP contribution >= 0.6 is 11.8 Å². The number of hydrogen-bond donors (Lipinski definition) is 1. The van der Waals surface area contributed by atoms with Gasteiger partial charge in [0.25, 0.3) is 0 Å². The lowest BCUT2D eigenvalue weighted by molar-refractivity contribution is 0.213. The Kier molecular flexibility index (Phi) is 6.70. The Bertz CT molecular complexity index is 540. The van der Waals surface area contributed by atoms with Gasteiger partial charge in [-0.05, 0) is 44.0 Å². The molecule has 140 valence electrons. The summed E-state index contributed by atoms with van der Waals surface area (Å²) in [5.41, 5.74) is 0. The van der Waals surface area contributed by atoms with Crippen molar-refractivity contribution in [3.05, 3.63) is 24.2 Å². The van der Waals surface area contributed by atoms with Crippen LogP contribution in [0.25, 0.3) is 0 Å². The topological polar surface area (TPSA) is 44.0 Å². The summed E-state index contributed by atoms with van der Waals surface area (Å²) in [6, 6.07) is 4.37. The minimum Gasteiger partial charge on any atom is -0.468 e. The van der Waals surface area contributed by atoms with Crippen LogP contribution in [-0.2, 0) is 0 Å². The molecule has 0 radical (unpaired) electrons. The molecule has 2 aliphatic heterocycles. The smallest absolute Gasteiger partial charge is 0.193 e. The van der Waals surface area contributed by atoms with Gasteiger partial charge in [-0.1, -0.05) is 13.8 Å². The number of rotatable bonds is 5. The van der Waals surface area contributed by atoms with Crippen LogP contribution in [0.4, 0.5) is 0 Å². The molecule has 0 bridgehead atoms. The summed E-state index contributed by atoms with van der Waals surface area (Å²) in [4.78, 5) is 9.51. The van der Waals surface area contributed by atoms with E-state index in [-0.39, 0.29) is 6.04 Å². The summed E-state index contributed by atoms with van der Waals surface area (Å²) in [6.07, 6.45) is 4.35. The fraction of sp³-hybridized carbons (Fsp3) is 0.737. The molecule has 2 saturated heterocycles. The summed E-state index contributed by atoms with van der Waals surface area (Å²) in [5.74, 6) is 3.96. The number of thioether (sulfide) groups is 1. The summed E-state index contributed by atoms with van der Waals surface area (Å²) >= 11 is 2.10. The first-order valence-corrected chi connectivity index (χ1v) is 10.6. The molecule has 2 fully saturated rings. The molecule has 25 heavy (non-hydrogen) atoms. The third-order valence-electron chi connectivity index (χ3n) is 5.25. The van der Waals surface area contributed by atoms with Crippen molar-refractivity contribution >= 4 is 17.7 Å². The molecular weight excluding hydrogens is 332 g/mol. The summed E-state index contributed by atoms with van der Waals surface area (Å²) < 4.78 is 5.73. The summed E-state index contributed by atoms with van der Waals surface area (Å²) in [6.45, 7) is 9.94. The van der Waals surface area contributed by atoms with E-state index in [1.807, 2.05) is 13.1 Å². The second kappa shape index (κ2) is 8.99. The number of hydrogen-bond acceptors (Lipinski definition) is 4. The van der Waals surface area contributed by atoms with Crippen molar-refractivity contribution in [3.63, 3.8) is 0 Å². The second-order valence-corrected chi connectivity index (χ2v) is 8.65. The van der Waals surface area contributed by atoms with E-state index in [0.717, 1.165) is 44.4 Å². The van der Waals surface area contributed by atoms with E-state index in [9.17, 15) is 0 Å². The zero-order valence-corrected chi connectivity index (χ0v) is 16.6. The molecule has 3 rings (SSSR count). The molecule has 1 aromatic rings. The van der Waals surface area contributed by atoms with Gasteiger partial charge in [-0.25, -0.2) is 0 Å². The van der Waals surface area contributed by atoms with Gasteiger partial charge in [-0.15, -0.1) is 0 Å². The van der Waals surface area contributed by atoms with Crippen molar-refractivity contribution in [3.8, 4) is 0 Å². The quantitative estimate of drug-likeness (QED) is 0.643. The van der Waals surface area contributed by atoms with Crippen LogP contribution < -0.4 is 5.32 Å².